The third kappa shape index (κ3) is 8.76. The van der Waals surface area contributed by atoms with Crippen LogP contribution in [-0.2, 0) is 14.3 Å². The highest BCUT2D eigenvalue weighted by Crippen LogP contribution is 2.28. The number of hydrogen-bond acceptors (Lipinski definition) is 5. The van der Waals surface area contributed by atoms with E-state index in [9.17, 15) is 14.4 Å². The Kier molecular flexibility index (Phi) is 9.12. The number of anilines is 3. The first-order valence-corrected chi connectivity index (χ1v) is 11.8. The lowest BCUT2D eigenvalue weighted by atomic mass is 10.1. The maximum atomic E-state index is 12.8. The third-order valence-corrected chi connectivity index (χ3v) is 5.72. The van der Waals surface area contributed by atoms with Crippen LogP contribution in [-0.4, -0.2) is 30.6 Å². The molecule has 1 atom stereocenters. The van der Waals surface area contributed by atoms with E-state index >= 15 is 0 Å². The van der Waals surface area contributed by atoms with Crippen LogP contribution in [0.15, 0.2) is 53.0 Å². The van der Waals surface area contributed by atoms with Gasteiger partial charge in [-0.2, -0.15) is 0 Å². The van der Waals surface area contributed by atoms with E-state index in [0.29, 0.717) is 48.8 Å². The first kappa shape index (κ1) is 24.6. The Hall–Kier alpha value is -3.07. The lowest BCUT2D eigenvalue weighted by Crippen LogP contribution is -2.44. The van der Waals surface area contributed by atoms with Crippen LogP contribution < -0.4 is 21.7 Å². The van der Waals surface area contributed by atoms with Gasteiger partial charge in [-0.25, -0.2) is 4.79 Å². The number of alkyl carbamates (subject to hydrolysis) is 1. The van der Waals surface area contributed by atoms with E-state index in [-0.39, 0.29) is 18.2 Å². The van der Waals surface area contributed by atoms with Gasteiger partial charge in [0.05, 0.1) is 18.0 Å². The molecule has 5 N–H and O–H groups in total. The van der Waals surface area contributed by atoms with Gasteiger partial charge in [-0.1, -0.05) is 40.5 Å². The summed E-state index contributed by atoms with van der Waals surface area (Å²) >= 11 is 3.38. The maximum Gasteiger partial charge on any atom is 0.407 e. The van der Waals surface area contributed by atoms with Gasteiger partial charge in [-0.15, -0.1) is 0 Å². The fourth-order valence-electron chi connectivity index (χ4n) is 3.18. The van der Waals surface area contributed by atoms with Crippen LogP contribution in [0, 0.1) is 5.92 Å². The van der Waals surface area contributed by atoms with E-state index in [0.717, 1.165) is 17.3 Å². The van der Waals surface area contributed by atoms with Crippen molar-refractivity contribution < 1.29 is 19.1 Å². The smallest absolute Gasteiger partial charge is 0.407 e. The molecule has 2 aromatic carbocycles. The van der Waals surface area contributed by atoms with Crippen LogP contribution in [0.25, 0.3) is 0 Å². The molecule has 33 heavy (non-hydrogen) atoms. The molecular weight excluding hydrogens is 488 g/mol. The molecule has 0 spiro atoms. The van der Waals surface area contributed by atoms with Gasteiger partial charge in [0.2, 0.25) is 11.8 Å². The molecular formula is C24H29BrN4O4. The van der Waals surface area contributed by atoms with Crippen molar-refractivity contribution in [1.29, 1.82) is 0 Å². The van der Waals surface area contributed by atoms with Crippen molar-refractivity contribution >= 4 is 50.9 Å². The zero-order valence-electron chi connectivity index (χ0n) is 18.3. The highest BCUT2D eigenvalue weighted by molar-refractivity contribution is 9.10. The summed E-state index contributed by atoms with van der Waals surface area (Å²) in [5, 5.41) is 8.28. The van der Waals surface area contributed by atoms with Crippen molar-refractivity contribution in [2.24, 2.45) is 5.92 Å². The van der Waals surface area contributed by atoms with Crippen LogP contribution in [0.3, 0.4) is 0 Å². The molecule has 0 unspecified atom stereocenters. The Bertz CT molecular complexity index is 980. The second-order valence-electron chi connectivity index (χ2n) is 8.12. The monoisotopic (exact) mass is 516 g/mol. The van der Waals surface area contributed by atoms with E-state index in [2.05, 4.69) is 31.9 Å². The molecule has 2 aromatic rings. The Labute approximate surface area is 201 Å². The summed E-state index contributed by atoms with van der Waals surface area (Å²) in [4.78, 5) is 37.2. The van der Waals surface area contributed by atoms with Gasteiger partial charge in [0.25, 0.3) is 0 Å². The molecule has 176 valence electrons. The molecule has 1 saturated carbocycles. The van der Waals surface area contributed by atoms with Crippen molar-refractivity contribution in [3.05, 3.63) is 53.0 Å². The van der Waals surface area contributed by atoms with Crippen LogP contribution >= 0.6 is 15.9 Å². The SMILES string of the molecule is Nc1ccccc1NC(=O)CCCC[C@H](NC(=O)OCC1CC1)C(=O)Nc1cccc(Br)c1. The number of rotatable bonds is 11. The number of nitrogen functional groups attached to an aromatic ring is 1. The van der Waals surface area contributed by atoms with E-state index in [1.54, 1.807) is 36.4 Å². The van der Waals surface area contributed by atoms with Crippen LogP contribution in [0.2, 0.25) is 0 Å². The largest absolute Gasteiger partial charge is 0.449 e. The predicted octanol–water partition coefficient (Wildman–Crippen LogP) is 4.67. The number of ether oxygens (including phenoxy) is 1. The van der Waals surface area contributed by atoms with Crippen molar-refractivity contribution in [3.8, 4) is 0 Å². The summed E-state index contributed by atoms with van der Waals surface area (Å²) in [6.45, 7) is 0.370. The molecule has 1 aliphatic carbocycles. The number of carbonyl (C=O) groups is 3. The molecule has 0 radical (unpaired) electrons. The molecule has 0 aliphatic heterocycles. The lowest BCUT2D eigenvalue weighted by molar-refractivity contribution is -0.118. The summed E-state index contributed by atoms with van der Waals surface area (Å²) in [6.07, 6.45) is 3.30. The molecule has 0 bridgehead atoms. The van der Waals surface area contributed by atoms with E-state index in [4.69, 9.17) is 10.5 Å². The quantitative estimate of drug-likeness (QED) is 0.255. The topological polar surface area (TPSA) is 123 Å². The minimum Gasteiger partial charge on any atom is -0.449 e. The van der Waals surface area contributed by atoms with Crippen molar-refractivity contribution in [2.75, 3.05) is 23.0 Å². The summed E-state index contributed by atoms with van der Waals surface area (Å²) in [7, 11) is 0. The number of benzene rings is 2. The van der Waals surface area contributed by atoms with Gasteiger partial charge in [0.1, 0.15) is 6.04 Å². The fraction of sp³-hybridized carbons (Fsp3) is 0.375. The van der Waals surface area contributed by atoms with Crippen molar-refractivity contribution in [1.82, 2.24) is 5.32 Å². The van der Waals surface area contributed by atoms with E-state index in [1.807, 2.05) is 12.1 Å². The minimum absolute atomic E-state index is 0.153. The Morgan fingerprint density at radius 3 is 2.58 bits per heavy atom. The number of halogens is 1. The van der Waals surface area contributed by atoms with E-state index < -0.39 is 12.1 Å². The third-order valence-electron chi connectivity index (χ3n) is 5.23. The van der Waals surface area contributed by atoms with E-state index in [1.165, 1.54) is 0 Å². The van der Waals surface area contributed by atoms with Gasteiger partial charge in [0, 0.05) is 16.6 Å². The molecule has 0 heterocycles. The predicted molar refractivity (Wildman–Crippen MR) is 132 cm³/mol. The number of nitrogens with one attached hydrogen (secondary N) is 3. The molecule has 0 aromatic heterocycles. The van der Waals surface area contributed by atoms with Crippen molar-refractivity contribution in [2.45, 2.75) is 44.6 Å². The standard InChI is InChI=1S/C24H29BrN4O4/c25-17-6-5-7-18(14-17)27-23(31)21(29-24(32)33-15-16-12-13-16)10-3-4-11-22(30)28-20-9-2-1-8-19(20)26/h1-2,5-9,14,16,21H,3-4,10-13,15,26H2,(H,27,31)(H,28,30)(H,29,32)/t21-/m0/s1. The van der Waals surface area contributed by atoms with Gasteiger partial charge < -0.3 is 26.4 Å². The number of nitrogens with two attached hydrogens (primary N) is 1. The summed E-state index contributed by atoms with van der Waals surface area (Å²) in [6, 6.07) is 13.5. The second-order valence-corrected chi connectivity index (χ2v) is 9.04. The number of amides is 3. The Morgan fingerprint density at radius 1 is 1.06 bits per heavy atom. The minimum atomic E-state index is -0.775. The molecule has 1 fully saturated rings. The second kappa shape index (κ2) is 12.2. The van der Waals surface area contributed by atoms with Crippen LogP contribution in [0.4, 0.5) is 21.9 Å². The summed E-state index contributed by atoms with van der Waals surface area (Å²) < 4.78 is 6.06. The average Bonchev–Trinajstić information content (AvgIpc) is 3.60. The van der Waals surface area contributed by atoms with Gasteiger partial charge >= 0.3 is 6.09 Å². The first-order valence-electron chi connectivity index (χ1n) is 11.0. The van der Waals surface area contributed by atoms with Gasteiger partial charge in [-0.05, 0) is 61.9 Å². The molecule has 3 rings (SSSR count). The summed E-state index contributed by atoms with van der Waals surface area (Å²) in [5.41, 5.74) is 7.55. The molecule has 8 nitrogen and oxygen atoms in total. The maximum absolute atomic E-state index is 12.8. The molecule has 3 amide bonds. The average molecular weight is 517 g/mol. The first-order chi connectivity index (χ1) is 15.9. The number of unbranched alkanes of at least 4 members (excludes halogenated alkanes) is 1. The molecule has 1 aliphatic rings. The van der Waals surface area contributed by atoms with Crippen LogP contribution in [0.5, 0.6) is 0 Å². The van der Waals surface area contributed by atoms with Crippen molar-refractivity contribution in [3.63, 3.8) is 0 Å². The zero-order valence-corrected chi connectivity index (χ0v) is 19.9. The Balaban J connectivity index is 1.49. The summed E-state index contributed by atoms with van der Waals surface area (Å²) in [5.74, 6) is -0.0559. The highest BCUT2D eigenvalue weighted by Gasteiger charge is 2.25. The van der Waals surface area contributed by atoms with Gasteiger partial charge in [0.15, 0.2) is 0 Å². The van der Waals surface area contributed by atoms with Gasteiger partial charge in [-0.3, -0.25) is 9.59 Å². The number of para-hydroxylation sites is 2. The zero-order chi connectivity index (χ0) is 23.6. The molecule has 9 heteroatoms. The Morgan fingerprint density at radius 2 is 1.85 bits per heavy atom. The molecule has 0 saturated heterocycles. The highest BCUT2D eigenvalue weighted by atomic mass is 79.9. The van der Waals surface area contributed by atoms with Crippen LogP contribution in [0.1, 0.15) is 38.5 Å². The lowest BCUT2D eigenvalue weighted by Gasteiger charge is -2.18. The normalized spacial score (nSPS) is 13.6. The number of hydrogen-bond donors (Lipinski definition) is 4. The fourth-order valence-corrected chi connectivity index (χ4v) is 3.58. The number of carbonyl (C=O) groups excluding carboxylic acids is 3.